The van der Waals surface area contributed by atoms with Gasteiger partial charge in [0.1, 0.15) is 17.1 Å². The Kier molecular flexibility index (Phi) is 3.56. The summed E-state index contributed by atoms with van der Waals surface area (Å²) in [6, 6.07) is 8.46. The van der Waals surface area contributed by atoms with E-state index in [0.29, 0.717) is 5.75 Å². The molecular formula is C17H15F2NO2. The van der Waals surface area contributed by atoms with Crippen molar-refractivity contribution in [1.82, 2.24) is 4.98 Å². The van der Waals surface area contributed by atoms with Crippen molar-refractivity contribution < 1.29 is 18.3 Å². The number of pyridine rings is 1. The fourth-order valence-electron chi connectivity index (χ4n) is 2.49. The number of alkyl halides is 2. The highest BCUT2D eigenvalue weighted by atomic mass is 19.3. The van der Waals surface area contributed by atoms with Crippen LogP contribution in [0.1, 0.15) is 25.0 Å². The summed E-state index contributed by atoms with van der Waals surface area (Å²) in [6.07, 6.45) is 5.35. The summed E-state index contributed by atoms with van der Waals surface area (Å²) in [5, 5.41) is 0. The van der Waals surface area contributed by atoms with Gasteiger partial charge in [0.2, 0.25) is 0 Å². The monoisotopic (exact) mass is 303 g/mol. The number of rotatable bonds is 3. The maximum Gasteiger partial charge on any atom is 0.387 e. The number of hydrogen-bond donors (Lipinski definition) is 0. The minimum Gasteiger partial charge on any atom is -0.483 e. The van der Waals surface area contributed by atoms with Gasteiger partial charge >= 0.3 is 6.61 Å². The molecule has 0 unspecified atom stereocenters. The minimum atomic E-state index is -2.85. The second-order valence-electron chi connectivity index (χ2n) is 5.54. The standard InChI is InChI=1S/C17H15F2NO2/c1-17(2)10-14(11-5-7-20-8-6-11)13-9-12(21-16(18)19)3-4-15(13)22-17/h3-10,16H,1-2H3. The number of nitrogens with zero attached hydrogens (tertiary/aromatic N) is 1. The highest BCUT2D eigenvalue weighted by molar-refractivity contribution is 5.85. The Bertz CT molecular complexity index is 712. The van der Waals surface area contributed by atoms with Gasteiger partial charge in [0.25, 0.3) is 0 Å². The molecule has 5 heteroatoms. The molecule has 1 aliphatic heterocycles. The van der Waals surface area contributed by atoms with Crippen LogP contribution in [0.15, 0.2) is 48.8 Å². The average Bonchev–Trinajstić information content (AvgIpc) is 2.46. The Morgan fingerprint density at radius 3 is 2.55 bits per heavy atom. The van der Waals surface area contributed by atoms with E-state index in [9.17, 15) is 8.78 Å². The van der Waals surface area contributed by atoms with Crippen LogP contribution >= 0.6 is 0 Å². The predicted octanol–water partition coefficient (Wildman–Crippen LogP) is 4.29. The van der Waals surface area contributed by atoms with Crippen LogP contribution in [0.2, 0.25) is 0 Å². The summed E-state index contributed by atoms with van der Waals surface area (Å²) in [7, 11) is 0. The lowest BCUT2D eigenvalue weighted by atomic mass is 9.90. The lowest BCUT2D eigenvalue weighted by Crippen LogP contribution is -2.29. The van der Waals surface area contributed by atoms with Crippen molar-refractivity contribution in [1.29, 1.82) is 0 Å². The summed E-state index contributed by atoms with van der Waals surface area (Å²) in [5.74, 6) is 0.748. The van der Waals surface area contributed by atoms with Crippen molar-refractivity contribution in [2.24, 2.45) is 0 Å². The van der Waals surface area contributed by atoms with Gasteiger partial charge in [-0.2, -0.15) is 8.78 Å². The van der Waals surface area contributed by atoms with E-state index in [-0.39, 0.29) is 5.75 Å². The lowest BCUT2D eigenvalue weighted by molar-refractivity contribution is -0.0499. The molecule has 2 heterocycles. The van der Waals surface area contributed by atoms with Crippen LogP contribution in [0.5, 0.6) is 11.5 Å². The molecular weight excluding hydrogens is 288 g/mol. The topological polar surface area (TPSA) is 31.4 Å². The molecule has 0 bridgehead atoms. The fourth-order valence-corrected chi connectivity index (χ4v) is 2.49. The largest absolute Gasteiger partial charge is 0.483 e. The predicted molar refractivity (Wildman–Crippen MR) is 79.1 cm³/mol. The molecule has 0 N–H and O–H groups in total. The number of fused-ring (bicyclic) bond motifs is 1. The zero-order chi connectivity index (χ0) is 15.7. The molecule has 114 valence electrons. The van der Waals surface area contributed by atoms with Gasteiger partial charge in [0.05, 0.1) is 0 Å². The quantitative estimate of drug-likeness (QED) is 0.848. The molecule has 1 aromatic carbocycles. The van der Waals surface area contributed by atoms with Crippen molar-refractivity contribution >= 4 is 5.57 Å². The third-order valence-electron chi connectivity index (χ3n) is 3.32. The molecule has 0 aliphatic carbocycles. The molecule has 22 heavy (non-hydrogen) atoms. The Morgan fingerprint density at radius 1 is 1.14 bits per heavy atom. The number of ether oxygens (including phenoxy) is 2. The van der Waals surface area contributed by atoms with Crippen molar-refractivity contribution in [2.45, 2.75) is 26.1 Å². The summed E-state index contributed by atoms with van der Waals surface area (Å²) >= 11 is 0. The molecule has 0 amide bonds. The molecule has 3 nitrogen and oxygen atoms in total. The molecule has 0 atom stereocenters. The molecule has 1 aromatic heterocycles. The Morgan fingerprint density at radius 2 is 1.86 bits per heavy atom. The number of halogens is 2. The van der Waals surface area contributed by atoms with E-state index in [2.05, 4.69) is 9.72 Å². The minimum absolute atomic E-state index is 0.108. The van der Waals surface area contributed by atoms with Crippen LogP contribution in [-0.4, -0.2) is 17.2 Å². The number of benzene rings is 1. The third-order valence-corrected chi connectivity index (χ3v) is 3.32. The molecule has 0 spiro atoms. The first-order chi connectivity index (χ1) is 10.4. The van der Waals surface area contributed by atoms with Crippen LogP contribution in [0.4, 0.5) is 8.78 Å². The Labute approximate surface area is 127 Å². The summed E-state index contributed by atoms with van der Waals surface area (Å²) in [4.78, 5) is 4.01. The molecule has 1 aliphatic rings. The zero-order valence-corrected chi connectivity index (χ0v) is 12.2. The van der Waals surface area contributed by atoms with Gasteiger partial charge in [-0.05, 0) is 61.4 Å². The second kappa shape index (κ2) is 5.40. The SMILES string of the molecule is CC1(C)C=C(c2ccncc2)c2cc(OC(F)F)ccc2O1. The first-order valence-corrected chi connectivity index (χ1v) is 6.86. The van der Waals surface area contributed by atoms with E-state index in [1.165, 1.54) is 6.07 Å². The van der Waals surface area contributed by atoms with Crippen LogP contribution < -0.4 is 9.47 Å². The van der Waals surface area contributed by atoms with Crippen molar-refractivity contribution in [3.8, 4) is 11.5 Å². The van der Waals surface area contributed by atoms with Gasteiger partial charge in [-0.15, -0.1) is 0 Å². The molecule has 0 saturated carbocycles. The third kappa shape index (κ3) is 2.93. The average molecular weight is 303 g/mol. The van der Waals surface area contributed by atoms with E-state index in [1.807, 2.05) is 32.1 Å². The van der Waals surface area contributed by atoms with Gasteiger partial charge in [0.15, 0.2) is 0 Å². The number of hydrogen-bond acceptors (Lipinski definition) is 3. The van der Waals surface area contributed by atoms with E-state index in [1.54, 1.807) is 24.5 Å². The Hall–Kier alpha value is -2.43. The van der Waals surface area contributed by atoms with Crippen LogP contribution in [0, 0.1) is 0 Å². The van der Waals surface area contributed by atoms with E-state index in [0.717, 1.165) is 16.7 Å². The summed E-state index contributed by atoms with van der Waals surface area (Å²) < 4.78 is 35.2. The highest BCUT2D eigenvalue weighted by Gasteiger charge is 2.27. The van der Waals surface area contributed by atoms with E-state index >= 15 is 0 Å². The molecule has 0 fully saturated rings. The van der Waals surface area contributed by atoms with Crippen LogP contribution in [-0.2, 0) is 0 Å². The summed E-state index contributed by atoms with van der Waals surface area (Å²) in [6.45, 7) is 1.04. The Balaban J connectivity index is 2.11. The highest BCUT2D eigenvalue weighted by Crippen LogP contribution is 2.41. The first-order valence-electron chi connectivity index (χ1n) is 6.86. The molecule has 3 rings (SSSR count). The zero-order valence-electron chi connectivity index (χ0n) is 12.2. The fraction of sp³-hybridized carbons (Fsp3) is 0.235. The van der Waals surface area contributed by atoms with Crippen molar-refractivity contribution in [2.75, 3.05) is 0 Å². The molecule has 2 aromatic rings. The second-order valence-corrected chi connectivity index (χ2v) is 5.54. The van der Waals surface area contributed by atoms with Gasteiger partial charge in [0, 0.05) is 18.0 Å². The normalized spacial score (nSPS) is 15.8. The number of aromatic nitrogens is 1. The van der Waals surface area contributed by atoms with Gasteiger partial charge in [-0.1, -0.05) is 0 Å². The van der Waals surface area contributed by atoms with Crippen LogP contribution in [0.3, 0.4) is 0 Å². The smallest absolute Gasteiger partial charge is 0.387 e. The van der Waals surface area contributed by atoms with Gasteiger partial charge in [-0.3, -0.25) is 4.98 Å². The van der Waals surface area contributed by atoms with Gasteiger partial charge in [-0.25, -0.2) is 0 Å². The summed E-state index contributed by atoms with van der Waals surface area (Å²) in [5.41, 5.74) is 2.09. The van der Waals surface area contributed by atoms with Crippen LogP contribution in [0.25, 0.3) is 5.57 Å². The molecule has 0 saturated heterocycles. The first kappa shape index (κ1) is 14.5. The lowest BCUT2D eigenvalue weighted by Gasteiger charge is -2.31. The van der Waals surface area contributed by atoms with Crippen molar-refractivity contribution in [3.63, 3.8) is 0 Å². The maximum absolute atomic E-state index is 12.4. The van der Waals surface area contributed by atoms with E-state index in [4.69, 9.17) is 4.74 Å². The van der Waals surface area contributed by atoms with Crippen molar-refractivity contribution in [3.05, 3.63) is 59.9 Å². The molecule has 0 radical (unpaired) electrons. The van der Waals surface area contributed by atoms with Gasteiger partial charge < -0.3 is 9.47 Å². The maximum atomic E-state index is 12.4. The van der Waals surface area contributed by atoms with E-state index < -0.39 is 12.2 Å².